The number of carbonyl (C=O) groups is 1. The maximum atomic E-state index is 11.5. The Balaban J connectivity index is 2.17. The molecule has 15 heavy (non-hydrogen) atoms. The third-order valence-electron chi connectivity index (χ3n) is 2.81. The summed E-state index contributed by atoms with van der Waals surface area (Å²) in [6.45, 7) is 5.61. The maximum Gasteiger partial charge on any atom is 0.318 e. The first-order valence-electron chi connectivity index (χ1n) is 5.32. The summed E-state index contributed by atoms with van der Waals surface area (Å²) in [4.78, 5) is 13.3. The van der Waals surface area contributed by atoms with Crippen molar-refractivity contribution < 1.29 is 4.79 Å². The van der Waals surface area contributed by atoms with Gasteiger partial charge in [0.1, 0.15) is 0 Å². The number of likely N-dealkylation sites (N-methyl/N-ethyl adjacent to an activating group) is 1. The van der Waals surface area contributed by atoms with Crippen LogP contribution in [0.25, 0.3) is 0 Å². The summed E-state index contributed by atoms with van der Waals surface area (Å²) in [5.74, 6) is 0. The minimum Gasteiger partial charge on any atom is -0.329 e. The Morgan fingerprint density at radius 1 is 1.53 bits per heavy atom. The molecule has 0 saturated carbocycles. The van der Waals surface area contributed by atoms with E-state index >= 15 is 0 Å². The number of hydrogen-bond donors (Lipinski definition) is 1. The number of nitrogens with one attached hydrogen (secondary N) is 1. The molecule has 0 aromatic heterocycles. The monoisotopic (exact) mass is 204 g/mol. The molecule has 1 N–H and O–H groups in total. The van der Waals surface area contributed by atoms with Gasteiger partial charge in [-0.25, -0.2) is 4.79 Å². The molecule has 1 unspecified atom stereocenters. The first-order chi connectivity index (χ1) is 7.20. The highest BCUT2D eigenvalue weighted by Crippen LogP contribution is 2.20. The third kappa shape index (κ3) is 1.96. The van der Waals surface area contributed by atoms with Gasteiger partial charge in [-0.3, -0.25) is 0 Å². The van der Waals surface area contributed by atoms with Gasteiger partial charge in [0, 0.05) is 13.1 Å². The molecule has 1 aromatic carbocycles. The summed E-state index contributed by atoms with van der Waals surface area (Å²) < 4.78 is 0. The van der Waals surface area contributed by atoms with E-state index in [1.165, 1.54) is 11.1 Å². The highest BCUT2D eigenvalue weighted by atomic mass is 16.2. The number of urea groups is 1. The Labute approximate surface area is 90.1 Å². The van der Waals surface area contributed by atoms with Gasteiger partial charge in [0.2, 0.25) is 0 Å². The molecular formula is C12H16N2O. The van der Waals surface area contributed by atoms with E-state index < -0.39 is 0 Å². The predicted molar refractivity (Wildman–Crippen MR) is 59.7 cm³/mol. The fourth-order valence-electron chi connectivity index (χ4n) is 1.94. The van der Waals surface area contributed by atoms with E-state index in [1.807, 2.05) is 17.9 Å². The zero-order valence-corrected chi connectivity index (χ0v) is 9.16. The van der Waals surface area contributed by atoms with E-state index in [1.54, 1.807) is 0 Å². The molecule has 2 amide bonds. The van der Waals surface area contributed by atoms with Crippen LogP contribution in [-0.2, 0) is 0 Å². The molecule has 1 aliphatic rings. The predicted octanol–water partition coefficient (Wildman–Crippen LogP) is 2.08. The van der Waals surface area contributed by atoms with Crippen LogP contribution in [0.4, 0.5) is 4.79 Å². The molecule has 2 rings (SSSR count). The van der Waals surface area contributed by atoms with Crippen LogP contribution in [0, 0.1) is 6.92 Å². The van der Waals surface area contributed by atoms with Crippen molar-refractivity contribution >= 4 is 6.03 Å². The molecule has 1 aliphatic heterocycles. The van der Waals surface area contributed by atoms with Crippen LogP contribution < -0.4 is 5.32 Å². The molecule has 1 heterocycles. The third-order valence-corrected chi connectivity index (χ3v) is 2.81. The van der Waals surface area contributed by atoms with Gasteiger partial charge in [0.05, 0.1) is 6.04 Å². The number of nitrogens with zero attached hydrogens (tertiary/aromatic N) is 1. The summed E-state index contributed by atoms with van der Waals surface area (Å²) in [6.07, 6.45) is 0. The van der Waals surface area contributed by atoms with E-state index in [0.717, 1.165) is 13.1 Å². The smallest absolute Gasteiger partial charge is 0.318 e. The van der Waals surface area contributed by atoms with Crippen LogP contribution in [0.1, 0.15) is 24.1 Å². The molecular weight excluding hydrogens is 188 g/mol. The Morgan fingerprint density at radius 3 is 2.93 bits per heavy atom. The van der Waals surface area contributed by atoms with Gasteiger partial charge in [-0.2, -0.15) is 0 Å². The van der Waals surface area contributed by atoms with Crippen LogP contribution >= 0.6 is 0 Å². The highest BCUT2D eigenvalue weighted by molar-refractivity contribution is 5.77. The number of amides is 2. The SMILES string of the molecule is CCN1CC(c2cccc(C)c2)NC1=O. The lowest BCUT2D eigenvalue weighted by atomic mass is 10.1. The van der Waals surface area contributed by atoms with E-state index in [2.05, 4.69) is 30.4 Å². The Morgan fingerprint density at radius 2 is 2.33 bits per heavy atom. The molecule has 0 radical (unpaired) electrons. The zero-order valence-electron chi connectivity index (χ0n) is 9.16. The van der Waals surface area contributed by atoms with Gasteiger partial charge in [0.15, 0.2) is 0 Å². The van der Waals surface area contributed by atoms with Crippen molar-refractivity contribution in [2.75, 3.05) is 13.1 Å². The fourth-order valence-corrected chi connectivity index (χ4v) is 1.94. The molecule has 0 spiro atoms. The number of carbonyl (C=O) groups excluding carboxylic acids is 1. The van der Waals surface area contributed by atoms with E-state index in [0.29, 0.717) is 0 Å². The highest BCUT2D eigenvalue weighted by Gasteiger charge is 2.28. The van der Waals surface area contributed by atoms with Crippen molar-refractivity contribution in [3.63, 3.8) is 0 Å². The van der Waals surface area contributed by atoms with E-state index in [-0.39, 0.29) is 12.1 Å². The number of benzene rings is 1. The Kier molecular flexibility index (Phi) is 2.62. The largest absolute Gasteiger partial charge is 0.329 e. The second kappa shape index (κ2) is 3.93. The molecule has 80 valence electrons. The summed E-state index contributed by atoms with van der Waals surface area (Å²) in [5, 5.41) is 2.99. The van der Waals surface area contributed by atoms with Crippen molar-refractivity contribution in [3.8, 4) is 0 Å². The fraction of sp³-hybridized carbons (Fsp3) is 0.417. The number of aryl methyl sites for hydroxylation is 1. The molecule has 1 atom stereocenters. The molecule has 3 nitrogen and oxygen atoms in total. The lowest BCUT2D eigenvalue weighted by molar-refractivity contribution is 0.219. The minimum atomic E-state index is 0.0454. The van der Waals surface area contributed by atoms with Gasteiger partial charge < -0.3 is 10.2 Å². The van der Waals surface area contributed by atoms with Crippen molar-refractivity contribution in [1.82, 2.24) is 10.2 Å². The van der Waals surface area contributed by atoms with Gasteiger partial charge in [-0.1, -0.05) is 29.8 Å². The van der Waals surface area contributed by atoms with Gasteiger partial charge in [-0.05, 0) is 19.4 Å². The summed E-state index contributed by atoms with van der Waals surface area (Å²) in [6, 6.07) is 8.49. The van der Waals surface area contributed by atoms with Crippen molar-refractivity contribution in [1.29, 1.82) is 0 Å². The van der Waals surface area contributed by atoms with Crippen molar-refractivity contribution in [2.24, 2.45) is 0 Å². The van der Waals surface area contributed by atoms with Crippen molar-refractivity contribution in [2.45, 2.75) is 19.9 Å². The molecule has 3 heteroatoms. The molecule has 1 fully saturated rings. The lowest BCUT2D eigenvalue weighted by Gasteiger charge is -2.11. The quantitative estimate of drug-likeness (QED) is 0.786. The minimum absolute atomic E-state index is 0.0454. The van der Waals surface area contributed by atoms with Crippen LogP contribution in [0.3, 0.4) is 0 Å². The Hall–Kier alpha value is -1.51. The van der Waals surface area contributed by atoms with Gasteiger partial charge >= 0.3 is 6.03 Å². The first-order valence-corrected chi connectivity index (χ1v) is 5.32. The molecule has 0 bridgehead atoms. The lowest BCUT2D eigenvalue weighted by Crippen LogP contribution is -2.27. The first kappa shape index (κ1) is 10.0. The van der Waals surface area contributed by atoms with E-state index in [4.69, 9.17) is 0 Å². The van der Waals surface area contributed by atoms with Gasteiger partial charge in [-0.15, -0.1) is 0 Å². The van der Waals surface area contributed by atoms with Gasteiger partial charge in [0.25, 0.3) is 0 Å². The molecule has 1 aromatic rings. The normalized spacial score (nSPS) is 20.5. The van der Waals surface area contributed by atoms with E-state index in [9.17, 15) is 4.79 Å². The Bertz CT molecular complexity index is 376. The average molecular weight is 204 g/mol. The van der Waals surface area contributed by atoms with Crippen molar-refractivity contribution in [3.05, 3.63) is 35.4 Å². The maximum absolute atomic E-state index is 11.5. The molecule has 1 saturated heterocycles. The second-order valence-corrected chi connectivity index (χ2v) is 3.95. The molecule has 0 aliphatic carbocycles. The van der Waals surface area contributed by atoms with Crippen LogP contribution in [0.2, 0.25) is 0 Å². The topological polar surface area (TPSA) is 32.3 Å². The zero-order chi connectivity index (χ0) is 10.8. The summed E-state index contributed by atoms with van der Waals surface area (Å²) >= 11 is 0. The average Bonchev–Trinajstić information content (AvgIpc) is 2.60. The number of rotatable bonds is 2. The van der Waals surface area contributed by atoms with Crippen LogP contribution in [0.5, 0.6) is 0 Å². The number of hydrogen-bond acceptors (Lipinski definition) is 1. The van der Waals surface area contributed by atoms with Crippen LogP contribution in [0.15, 0.2) is 24.3 Å². The van der Waals surface area contributed by atoms with Crippen LogP contribution in [-0.4, -0.2) is 24.0 Å². The summed E-state index contributed by atoms with van der Waals surface area (Å²) in [7, 11) is 0. The summed E-state index contributed by atoms with van der Waals surface area (Å²) in [5.41, 5.74) is 2.43. The second-order valence-electron chi connectivity index (χ2n) is 3.95. The standard InChI is InChI=1S/C12H16N2O/c1-3-14-8-11(13-12(14)15)10-6-4-5-9(2)7-10/h4-7,11H,3,8H2,1-2H3,(H,13,15).